The lowest BCUT2D eigenvalue weighted by molar-refractivity contribution is 0.0491. The molecular weight excluding hydrogens is 496 g/mol. The topological polar surface area (TPSA) is 141 Å². The van der Waals surface area contributed by atoms with Crippen molar-refractivity contribution in [1.82, 2.24) is 30.1 Å². The quantitative estimate of drug-likeness (QED) is 0.452. The van der Waals surface area contributed by atoms with Gasteiger partial charge < -0.3 is 26.0 Å². The Morgan fingerprint density at radius 2 is 1.95 bits per heavy atom. The number of aromatic nitrogens is 3. The lowest BCUT2D eigenvalue weighted by atomic mass is 9.97. The van der Waals surface area contributed by atoms with Crippen molar-refractivity contribution in [1.29, 1.82) is 0 Å². The number of nitrogens with two attached hydrogens (primary N) is 1. The average molecular weight is 531 g/mol. The third-order valence-electron chi connectivity index (χ3n) is 7.19. The number of hydrogen-bond donors (Lipinski definition) is 3. The predicted molar refractivity (Wildman–Crippen MR) is 142 cm³/mol. The number of halogens is 1. The highest BCUT2D eigenvalue weighted by Gasteiger charge is 2.35. The molecule has 2 fully saturated rings. The summed E-state index contributed by atoms with van der Waals surface area (Å²) in [4.78, 5) is 44.8. The zero-order valence-corrected chi connectivity index (χ0v) is 22.1. The number of likely N-dealkylation sites (tertiary alicyclic amines) is 1. The molecule has 200 valence electrons. The fraction of sp³-hybridized carbons (Fsp3) is 0.560. The number of piperidine rings is 1. The standard InChI is InChI=1S/C25H35ClN8O3/c1-3-17-15-33(23-16(2)30-20(14-29-23)24(36)28-8-13-35)11-12-34(17)18-6-9-32(10-7-18)25(37)19-4-5-21(26)31-22(19)27/h4-5,14,17-18,35H,3,6-13,15H2,1-2H3,(H2,27,31)(H,28,36)/t17-/m0/s1. The molecular formula is C25H35ClN8O3. The Balaban J connectivity index is 1.36. The lowest BCUT2D eigenvalue weighted by Gasteiger charge is -2.47. The van der Waals surface area contributed by atoms with Crippen molar-refractivity contribution in [3.8, 4) is 0 Å². The molecule has 0 bridgehead atoms. The maximum Gasteiger partial charge on any atom is 0.271 e. The summed E-state index contributed by atoms with van der Waals surface area (Å²) < 4.78 is 0. The molecule has 2 aliphatic heterocycles. The van der Waals surface area contributed by atoms with E-state index in [9.17, 15) is 9.59 Å². The zero-order valence-electron chi connectivity index (χ0n) is 21.4. The van der Waals surface area contributed by atoms with Gasteiger partial charge in [0.25, 0.3) is 11.8 Å². The van der Waals surface area contributed by atoms with Gasteiger partial charge >= 0.3 is 0 Å². The molecule has 1 atom stereocenters. The van der Waals surface area contributed by atoms with E-state index in [1.165, 1.54) is 6.20 Å². The molecule has 0 unspecified atom stereocenters. The average Bonchev–Trinajstić information content (AvgIpc) is 2.91. The maximum atomic E-state index is 13.0. The zero-order chi connectivity index (χ0) is 26.5. The van der Waals surface area contributed by atoms with Crippen LogP contribution in [0.2, 0.25) is 5.15 Å². The first kappa shape index (κ1) is 27.0. The molecule has 4 heterocycles. The number of aryl methyl sites for hydroxylation is 1. The SMILES string of the molecule is CC[C@H]1CN(c2ncc(C(=O)NCCO)nc2C)CCN1C1CCN(C(=O)c2ccc(Cl)nc2N)CC1. The minimum absolute atomic E-state index is 0.0977. The van der Waals surface area contributed by atoms with E-state index in [0.717, 1.165) is 44.7 Å². The van der Waals surface area contributed by atoms with Gasteiger partial charge in [0, 0.05) is 51.4 Å². The van der Waals surface area contributed by atoms with Crippen molar-refractivity contribution >= 4 is 35.1 Å². The molecule has 0 spiro atoms. The molecule has 2 amide bonds. The van der Waals surface area contributed by atoms with Gasteiger partial charge in [-0.25, -0.2) is 15.0 Å². The fourth-order valence-corrected chi connectivity index (χ4v) is 5.42. The van der Waals surface area contributed by atoms with Crippen LogP contribution < -0.4 is 16.0 Å². The van der Waals surface area contributed by atoms with Crippen LogP contribution in [0.15, 0.2) is 18.3 Å². The monoisotopic (exact) mass is 530 g/mol. The Bertz CT molecular complexity index is 1130. The molecule has 37 heavy (non-hydrogen) atoms. The van der Waals surface area contributed by atoms with Gasteiger partial charge in [-0.2, -0.15) is 0 Å². The van der Waals surface area contributed by atoms with Crippen LogP contribution in [0.4, 0.5) is 11.6 Å². The number of carbonyl (C=O) groups is 2. The Morgan fingerprint density at radius 3 is 2.59 bits per heavy atom. The van der Waals surface area contributed by atoms with Crippen molar-refractivity contribution in [2.75, 3.05) is 56.5 Å². The number of hydrogen-bond acceptors (Lipinski definition) is 9. The second-order valence-electron chi connectivity index (χ2n) is 9.48. The van der Waals surface area contributed by atoms with Crippen LogP contribution in [0.25, 0.3) is 0 Å². The Hall–Kier alpha value is -3.02. The van der Waals surface area contributed by atoms with Crippen LogP contribution in [-0.2, 0) is 0 Å². The number of piperazine rings is 1. The summed E-state index contributed by atoms with van der Waals surface area (Å²) in [7, 11) is 0. The van der Waals surface area contributed by atoms with Gasteiger partial charge in [0.15, 0.2) is 0 Å². The van der Waals surface area contributed by atoms with E-state index in [4.69, 9.17) is 22.4 Å². The summed E-state index contributed by atoms with van der Waals surface area (Å²) in [5.74, 6) is 0.525. The molecule has 4 rings (SSSR count). The molecule has 0 radical (unpaired) electrons. The number of nitrogens with zero attached hydrogens (tertiary/aromatic N) is 6. The predicted octanol–water partition coefficient (Wildman–Crippen LogP) is 1.34. The van der Waals surface area contributed by atoms with Gasteiger partial charge in [-0.15, -0.1) is 0 Å². The Labute approximate surface area is 222 Å². The number of anilines is 2. The molecule has 4 N–H and O–H groups in total. The molecule has 12 heteroatoms. The first-order valence-corrected chi connectivity index (χ1v) is 13.1. The molecule has 2 aromatic rings. The van der Waals surface area contributed by atoms with Crippen molar-refractivity contribution in [2.45, 2.75) is 45.2 Å². The van der Waals surface area contributed by atoms with Gasteiger partial charge in [-0.3, -0.25) is 14.5 Å². The van der Waals surface area contributed by atoms with Gasteiger partial charge in [-0.1, -0.05) is 18.5 Å². The van der Waals surface area contributed by atoms with E-state index in [0.29, 0.717) is 36.4 Å². The highest BCUT2D eigenvalue weighted by Crippen LogP contribution is 2.27. The van der Waals surface area contributed by atoms with E-state index >= 15 is 0 Å². The maximum absolute atomic E-state index is 13.0. The van der Waals surface area contributed by atoms with Crippen LogP contribution in [0.1, 0.15) is 52.7 Å². The highest BCUT2D eigenvalue weighted by molar-refractivity contribution is 6.29. The van der Waals surface area contributed by atoms with Crippen molar-refractivity contribution in [3.05, 3.63) is 40.4 Å². The number of amides is 2. The number of nitrogen functional groups attached to an aromatic ring is 1. The third kappa shape index (κ3) is 6.11. The van der Waals surface area contributed by atoms with Gasteiger partial charge in [0.2, 0.25) is 0 Å². The summed E-state index contributed by atoms with van der Waals surface area (Å²) >= 11 is 5.88. The number of pyridine rings is 1. The Morgan fingerprint density at radius 1 is 1.19 bits per heavy atom. The van der Waals surface area contributed by atoms with Crippen LogP contribution in [0.5, 0.6) is 0 Å². The molecule has 2 aromatic heterocycles. The van der Waals surface area contributed by atoms with E-state index in [1.54, 1.807) is 12.1 Å². The van der Waals surface area contributed by atoms with E-state index in [1.807, 2.05) is 11.8 Å². The molecule has 0 aromatic carbocycles. The summed E-state index contributed by atoms with van der Waals surface area (Å²) in [6, 6.07) is 3.99. The minimum atomic E-state index is -0.340. The first-order valence-electron chi connectivity index (χ1n) is 12.8. The smallest absolute Gasteiger partial charge is 0.271 e. The normalized spacial score (nSPS) is 19.2. The second kappa shape index (κ2) is 12.0. The van der Waals surface area contributed by atoms with Gasteiger partial charge in [0.05, 0.1) is 24.1 Å². The third-order valence-corrected chi connectivity index (χ3v) is 7.40. The van der Waals surface area contributed by atoms with Crippen LogP contribution in [0, 0.1) is 6.92 Å². The number of aliphatic hydroxyl groups is 1. The van der Waals surface area contributed by atoms with Gasteiger partial charge in [-0.05, 0) is 38.3 Å². The summed E-state index contributed by atoms with van der Waals surface area (Å²) in [6.45, 7) is 8.01. The largest absolute Gasteiger partial charge is 0.395 e. The van der Waals surface area contributed by atoms with Crippen LogP contribution >= 0.6 is 11.6 Å². The highest BCUT2D eigenvalue weighted by atomic mass is 35.5. The minimum Gasteiger partial charge on any atom is -0.395 e. The fourth-order valence-electron chi connectivity index (χ4n) is 5.26. The second-order valence-corrected chi connectivity index (χ2v) is 9.87. The van der Waals surface area contributed by atoms with Crippen molar-refractivity contribution in [2.24, 2.45) is 0 Å². The molecule has 0 saturated carbocycles. The summed E-state index contributed by atoms with van der Waals surface area (Å²) in [5, 5.41) is 11.8. The molecule has 0 aliphatic carbocycles. The summed E-state index contributed by atoms with van der Waals surface area (Å²) in [6.07, 6.45) is 4.30. The Kier molecular flexibility index (Phi) is 8.78. The number of aliphatic hydroxyl groups excluding tert-OH is 1. The molecule has 11 nitrogen and oxygen atoms in total. The summed E-state index contributed by atoms with van der Waals surface area (Å²) in [5.41, 5.74) is 7.29. The van der Waals surface area contributed by atoms with E-state index in [2.05, 4.69) is 37.0 Å². The lowest BCUT2D eigenvalue weighted by Crippen LogP contribution is -2.59. The van der Waals surface area contributed by atoms with Gasteiger partial charge in [0.1, 0.15) is 22.5 Å². The van der Waals surface area contributed by atoms with Crippen LogP contribution in [0.3, 0.4) is 0 Å². The van der Waals surface area contributed by atoms with Crippen molar-refractivity contribution in [3.63, 3.8) is 0 Å². The number of rotatable bonds is 7. The van der Waals surface area contributed by atoms with E-state index in [-0.39, 0.29) is 41.6 Å². The molecule has 2 saturated heterocycles. The number of carbonyl (C=O) groups excluding carboxylic acids is 2. The van der Waals surface area contributed by atoms with Crippen molar-refractivity contribution < 1.29 is 14.7 Å². The number of nitrogens with one attached hydrogen (secondary N) is 1. The molecule has 2 aliphatic rings. The van der Waals surface area contributed by atoms with E-state index < -0.39 is 0 Å². The van der Waals surface area contributed by atoms with Crippen LogP contribution in [-0.4, -0.2) is 99.6 Å². The first-order chi connectivity index (χ1) is 17.8.